The Bertz CT molecular complexity index is 1030. The number of thioether (sulfide) groups is 1. The second kappa shape index (κ2) is 7.72. The van der Waals surface area contributed by atoms with Gasteiger partial charge in [0.2, 0.25) is 0 Å². The van der Waals surface area contributed by atoms with Gasteiger partial charge in [-0.1, -0.05) is 54.2 Å². The normalized spacial score (nSPS) is 10.9. The first-order valence-electron chi connectivity index (χ1n) is 8.35. The van der Waals surface area contributed by atoms with E-state index in [1.165, 1.54) is 36.0 Å². The van der Waals surface area contributed by atoms with Crippen molar-refractivity contribution < 1.29 is 8.78 Å². The molecule has 0 saturated carbocycles. The largest absolute Gasteiger partial charge is 0.270 e. The van der Waals surface area contributed by atoms with E-state index >= 15 is 0 Å². The second-order valence-corrected chi connectivity index (χ2v) is 6.84. The van der Waals surface area contributed by atoms with Gasteiger partial charge in [0.05, 0.1) is 0 Å². The number of halogens is 2. The molecule has 0 amide bonds. The summed E-state index contributed by atoms with van der Waals surface area (Å²) in [5, 5.41) is 9.37. The number of benzene rings is 3. The van der Waals surface area contributed by atoms with Gasteiger partial charge in [-0.15, -0.1) is 10.2 Å². The molecule has 27 heavy (non-hydrogen) atoms. The summed E-state index contributed by atoms with van der Waals surface area (Å²) in [7, 11) is 0. The zero-order valence-corrected chi connectivity index (χ0v) is 15.0. The van der Waals surface area contributed by atoms with Crippen LogP contribution in [-0.4, -0.2) is 14.8 Å². The van der Waals surface area contributed by atoms with Crippen LogP contribution in [-0.2, 0) is 5.75 Å². The Morgan fingerprint density at radius 2 is 1.37 bits per heavy atom. The van der Waals surface area contributed by atoms with Crippen LogP contribution in [0.4, 0.5) is 8.78 Å². The Kier molecular flexibility index (Phi) is 4.98. The molecule has 0 aliphatic rings. The molecule has 134 valence electrons. The molecule has 0 N–H and O–H groups in total. The third kappa shape index (κ3) is 3.90. The standard InChI is InChI=1S/C21H15F2N3S/c22-17-8-6-15(7-9-17)14-27-21-25-24-20(16-4-2-1-3-5-16)26(21)19-12-10-18(23)11-13-19/h1-13H,14H2. The smallest absolute Gasteiger partial charge is 0.196 e. The summed E-state index contributed by atoms with van der Waals surface area (Å²) in [5.74, 6) is 0.746. The van der Waals surface area contributed by atoms with E-state index in [2.05, 4.69) is 10.2 Å². The van der Waals surface area contributed by atoms with Crippen molar-refractivity contribution in [2.24, 2.45) is 0 Å². The lowest BCUT2D eigenvalue weighted by atomic mass is 10.2. The van der Waals surface area contributed by atoms with Crippen molar-refractivity contribution in [2.45, 2.75) is 10.9 Å². The predicted octanol–water partition coefficient (Wildman–Crippen LogP) is 5.50. The molecule has 0 aliphatic heterocycles. The molecule has 4 aromatic rings. The van der Waals surface area contributed by atoms with Gasteiger partial charge < -0.3 is 0 Å². The average Bonchev–Trinajstić information content (AvgIpc) is 3.13. The summed E-state index contributed by atoms with van der Waals surface area (Å²) in [5.41, 5.74) is 2.68. The van der Waals surface area contributed by atoms with Crippen LogP contribution in [0.3, 0.4) is 0 Å². The van der Waals surface area contributed by atoms with Crippen LogP contribution in [0.1, 0.15) is 5.56 Å². The van der Waals surface area contributed by atoms with E-state index in [0.717, 1.165) is 16.8 Å². The lowest BCUT2D eigenvalue weighted by molar-refractivity contribution is 0.626. The Morgan fingerprint density at radius 3 is 2.04 bits per heavy atom. The van der Waals surface area contributed by atoms with Crippen molar-refractivity contribution in [2.75, 3.05) is 0 Å². The number of rotatable bonds is 5. The molecule has 1 heterocycles. The molecule has 1 aromatic heterocycles. The van der Waals surface area contributed by atoms with Crippen molar-refractivity contribution in [1.29, 1.82) is 0 Å². The van der Waals surface area contributed by atoms with Crippen LogP contribution in [0.2, 0.25) is 0 Å². The number of hydrogen-bond donors (Lipinski definition) is 0. The molecule has 0 aliphatic carbocycles. The quantitative estimate of drug-likeness (QED) is 0.429. The van der Waals surface area contributed by atoms with Crippen LogP contribution in [0.15, 0.2) is 84.0 Å². The SMILES string of the molecule is Fc1ccc(CSc2nnc(-c3ccccc3)n2-c2ccc(F)cc2)cc1. The van der Waals surface area contributed by atoms with Crippen LogP contribution in [0, 0.1) is 11.6 Å². The molecule has 0 bridgehead atoms. The van der Waals surface area contributed by atoms with E-state index in [9.17, 15) is 8.78 Å². The highest BCUT2D eigenvalue weighted by molar-refractivity contribution is 7.98. The Morgan fingerprint density at radius 1 is 0.741 bits per heavy atom. The minimum absolute atomic E-state index is 0.260. The van der Waals surface area contributed by atoms with Gasteiger partial charge in [0, 0.05) is 17.0 Å². The van der Waals surface area contributed by atoms with Gasteiger partial charge in [-0.25, -0.2) is 8.78 Å². The molecule has 0 saturated heterocycles. The molecule has 0 unspecified atom stereocenters. The first kappa shape index (κ1) is 17.4. The molecular weight excluding hydrogens is 364 g/mol. The Hall–Kier alpha value is -2.99. The van der Waals surface area contributed by atoms with Gasteiger partial charge in [-0.05, 0) is 42.0 Å². The molecular formula is C21H15F2N3S. The van der Waals surface area contributed by atoms with Crippen molar-refractivity contribution in [3.63, 3.8) is 0 Å². The van der Waals surface area contributed by atoms with E-state index in [1.807, 2.05) is 34.9 Å². The maximum Gasteiger partial charge on any atom is 0.196 e. The van der Waals surface area contributed by atoms with Gasteiger partial charge in [0.15, 0.2) is 11.0 Å². The van der Waals surface area contributed by atoms with Crippen molar-refractivity contribution in [3.8, 4) is 17.1 Å². The third-order valence-corrected chi connectivity index (χ3v) is 5.03. The highest BCUT2D eigenvalue weighted by Crippen LogP contribution is 2.29. The first-order chi connectivity index (χ1) is 13.2. The maximum absolute atomic E-state index is 13.4. The monoisotopic (exact) mass is 379 g/mol. The lowest BCUT2D eigenvalue weighted by Crippen LogP contribution is -2.00. The van der Waals surface area contributed by atoms with E-state index in [1.54, 1.807) is 24.3 Å². The fourth-order valence-corrected chi connectivity index (χ4v) is 3.60. The van der Waals surface area contributed by atoms with Crippen LogP contribution >= 0.6 is 11.8 Å². The van der Waals surface area contributed by atoms with Crippen molar-refractivity contribution in [1.82, 2.24) is 14.8 Å². The molecule has 0 radical (unpaired) electrons. The van der Waals surface area contributed by atoms with Gasteiger partial charge >= 0.3 is 0 Å². The van der Waals surface area contributed by atoms with Gasteiger partial charge in [0.1, 0.15) is 11.6 Å². The molecule has 0 fully saturated rings. The molecule has 3 aromatic carbocycles. The minimum atomic E-state index is -0.298. The number of aromatic nitrogens is 3. The fraction of sp³-hybridized carbons (Fsp3) is 0.0476. The van der Waals surface area contributed by atoms with Crippen LogP contribution < -0.4 is 0 Å². The van der Waals surface area contributed by atoms with E-state index in [0.29, 0.717) is 16.7 Å². The third-order valence-electron chi connectivity index (χ3n) is 4.03. The van der Waals surface area contributed by atoms with E-state index in [4.69, 9.17) is 0 Å². The van der Waals surface area contributed by atoms with Gasteiger partial charge in [-0.3, -0.25) is 4.57 Å². The lowest BCUT2D eigenvalue weighted by Gasteiger charge is -2.10. The van der Waals surface area contributed by atoms with Crippen molar-refractivity contribution >= 4 is 11.8 Å². The zero-order chi connectivity index (χ0) is 18.6. The minimum Gasteiger partial charge on any atom is -0.270 e. The maximum atomic E-state index is 13.4. The molecule has 3 nitrogen and oxygen atoms in total. The highest BCUT2D eigenvalue weighted by Gasteiger charge is 2.16. The Labute approximate surface area is 159 Å². The van der Waals surface area contributed by atoms with E-state index in [-0.39, 0.29) is 11.6 Å². The fourth-order valence-electron chi connectivity index (χ4n) is 2.69. The summed E-state index contributed by atoms with van der Waals surface area (Å²) in [4.78, 5) is 0. The topological polar surface area (TPSA) is 30.7 Å². The predicted molar refractivity (Wildman–Crippen MR) is 103 cm³/mol. The number of nitrogens with zero attached hydrogens (tertiary/aromatic N) is 3. The zero-order valence-electron chi connectivity index (χ0n) is 14.2. The summed E-state index contributed by atoms with van der Waals surface area (Å²) in [6, 6.07) is 22.3. The van der Waals surface area contributed by atoms with Crippen LogP contribution in [0.25, 0.3) is 17.1 Å². The summed E-state index contributed by atoms with van der Waals surface area (Å²) >= 11 is 1.49. The van der Waals surface area contributed by atoms with Crippen LogP contribution in [0.5, 0.6) is 0 Å². The average molecular weight is 379 g/mol. The molecule has 6 heteroatoms. The molecule has 0 spiro atoms. The highest BCUT2D eigenvalue weighted by atomic mass is 32.2. The first-order valence-corrected chi connectivity index (χ1v) is 9.33. The van der Waals surface area contributed by atoms with Gasteiger partial charge in [-0.2, -0.15) is 0 Å². The van der Waals surface area contributed by atoms with E-state index < -0.39 is 0 Å². The van der Waals surface area contributed by atoms with Crippen molar-refractivity contribution in [3.05, 3.63) is 96.1 Å². The second-order valence-electron chi connectivity index (χ2n) is 5.90. The van der Waals surface area contributed by atoms with Gasteiger partial charge in [0.25, 0.3) is 0 Å². The molecule has 4 rings (SSSR count). The summed E-state index contributed by atoms with van der Waals surface area (Å²) < 4.78 is 28.4. The summed E-state index contributed by atoms with van der Waals surface area (Å²) in [6.07, 6.45) is 0. The molecule has 0 atom stereocenters. The number of hydrogen-bond acceptors (Lipinski definition) is 3. The Balaban J connectivity index is 1.71. The summed E-state index contributed by atoms with van der Waals surface area (Å²) in [6.45, 7) is 0.